The van der Waals surface area contributed by atoms with E-state index in [0.29, 0.717) is 10.9 Å². The van der Waals surface area contributed by atoms with Gasteiger partial charge in [-0.25, -0.2) is 0 Å². The number of carbonyl (C=O) groups is 1. The zero-order chi connectivity index (χ0) is 15.4. The van der Waals surface area contributed by atoms with Crippen LogP contribution in [0.5, 0.6) is 0 Å². The smallest absolute Gasteiger partial charge is 0.282 e. The number of hydrogen-bond acceptors (Lipinski definition) is 4. The number of nitrogens with zero attached hydrogens (tertiary/aromatic N) is 1. The van der Waals surface area contributed by atoms with Crippen molar-refractivity contribution in [3.63, 3.8) is 0 Å². The Hall–Kier alpha value is -1.66. The standard InChI is InChI=1S/C14H18ClN3O3/c1-9(10-3-2-6-16-8-10)17-14(19)12-7-11(15)4-5-13(12)18(20)21/h4-5,7,9-10,16H,2-3,6,8H2,1H3,(H,17,19). The van der Waals surface area contributed by atoms with Gasteiger partial charge in [0, 0.05) is 17.1 Å². The number of carbonyl (C=O) groups excluding carboxylic acids is 1. The van der Waals surface area contributed by atoms with Crippen LogP contribution >= 0.6 is 11.6 Å². The molecule has 0 aliphatic carbocycles. The quantitative estimate of drug-likeness (QED) is 0.660. The van der Waals surface area contributed by atoms with E-state index in [1.165, 1.54) is 18.2 Å². The molecule has 2 atom stereocenters. The highest BCUT2D eigenvalue weighted by Gasteiger charge is 2.25. The molecule has 1 aliphatic rings. The number of hydrogen-bond donors (Lipinski definition) is 2. The van der Waals surface area contributed by atoms with E-state index in [-0.39, 0.29) is 17.3 Å². The van der Waals surface area contributed by atoms with E-state index < -0.39 is 10.8 Å². The number of nitro benzene ring substituents is 1. The number of piperidine rings is 1. The molecule has 1 aliphatic heterocycles. The van der Waals surface area contributed by atoms with Gasteiger partial charge < -0.3 is 10.6 Å². The minimum atomic E-state index is -0.571. The van der Waals surface area contributed by atoms with Crippen LogP contribution in [0, 0.1) is 16.0 Å². The lowest BCUT2D eigenvalue weighted by Gasteiger charge is -2.28. The monoisotopic (exact) mass is 311 g/mol. The van der Waals surface area contributed by atoms with Crippen LogP contribution in [-0.2, 0) is 0 Å². The van der Waals surface area contributed by atoms with E-state index in [1.54, 1.807) is 0 Å². The molecular formula is C14H18ClN3O3. The van der Waals surface area contributed by atoms with Crippen LogP contribution < -0.4 is 10.6 Å². The lowest BCUT2D eigenvalue weighted by atomic mass is 9.92. The van der Waals surface area contributed by atoms with Gasteiger partial charge in [0.05, 0.1) is 4.92 Å². The van der Waals surface area contributed by atoms with Gasteiger partial charge in [-0.3, -0.25) is 14.9 Å². The van der Waals surface area contributed by atoms with Crippen LogP contribution in [0.2, 0.25) is 5.02 Å². The molecule has 114 valence electrons. The molecule has 0 spiro atoms. The van der Waals surface area contributed by atoms with Crippen molar-refractivity contribution in [1.82, 2.24) is 10.6 Å². The molecule has 7 heteroatoms. The van der Waals surface area contributed by atoms with Crippen LogP contribution in [0.4, 0.5) is 5.69 Å². The maximum atomic E-state index is 12.3. The lowest BCUT2D eigenvalue weighted by molar-refractivity contribution is -0.385. The molecule has 0 radical (unpaired) electrons. The summed E-state index contributed by atoms with van der Waals surface area (Å²) in [6.07, 6.45) is 2.11. The second kappa shape index (κ2) is 6.87. The van der Waals surface area contributed by atoms with Gasteiger partial charge in [-0.2, -0.15) is 0 Å². The molecule has 21 heavy (non-hydrogen) atoms. The molecule has 2 rings (SSSR count). The minimum absolute atomic E-state index is 0.00289. The molecular weight excluding hydrogens is 294 g/mol. The SMILES string of the molecule is CC(NC(=O)c1cc(Cl)ccc1[N+](=O)[O-])C1CCCNC1. The lowest BCUT2D eigenvalue weighted by Crippen LogP contribution is -2.44. The van der Waals surface area contributed by atoms with Gasteiger partial charge in [0.2, 0.25) is 0 Å². The highest BCUT2D eigenvalue weighted by molar-refractivity contribution is 6.31. The molecule has 1 amide bonds. The second-order valence-corrected chi connectivity index (χ2v) is 5.72. The molecule has 2 unspecified atom stereocenters. The summed E-state index contributed by atoms with van der Waals surface area (Å²) >= 11 is 5.84. The van der Waals surface area contributed by atoms with Crippen LogP contribution in [-0.4, -0.2) is 30.0 Å². The van der Waals surface area contributed by atoms with Crippen LogP contribution in [0.15, 0.2) is 18.2 Å². The van der Waals surface area contributed by atoms with Crippen LogP contribution in [0.3, 0.4) is 0 Å². The zero-order valence-electron chi connectivity index (χ0n) is 11.8. The summed E-state index contributed by atoms with van der Waals surface area (Å²) < 4.78 is 0. The van der Waals surface area contributed by atoms with Crippen LogP contribution in [0.1, 0.15) is 30.1 Å². The van der Waals surface area contributed by atoms with Gasteiger partial charge in [0.15, 0.2) is 0 Å². The fourth-order valence-corrected chi connectivity index (χ4v) is 2.73. The number of nitro groups is 1. The van der Waals surface area contributed by atoms with Gasteiger partial charge in [-0.1, -0.05) is 11.6 Å². The zero-order valence-corrected chi connectivity index (χ0v) is 12.5. The van der Waals surface area contributed by atoms with E-state index in [1.807, 2.05) is 6.92 Å². The van der Waals surface area contributed by atoms with Crippen molar-refractivity contribution in [1.29, 1.82) is 0 Å². The molecule has 0 saturated carbocycles. The van der Waals surface area contributed by atoms with Crippen molar-refractivity contribution < 1.29 is 9.72 Å². The first-order valence-electron chi connectivity index (χ1n) is 6.94. The van der Waals surface area contributed by atoms with Crippen molar-refractivity contribution in [2.75, 3.05) is 13.1 Å². The Morgan fingerprint density at radius 1 is 1.57 bits per heavy atom. The third-order valence-electron chi connectivity index (χ3n) is 3.80. The summed E-state index contributed by atoms with van der Waals surface area (Å²) in [7, 11) is 0. The molecule has 0 aromatic heterocycles. The van der Waals surface area contributed by atoms with E-state index in [2.05, 4.69) is 10.6 Å². The van der Waals surface area contributed by atoms with E-state index in [0.717, 1.165) is 25.9 Å². The Morgan fingerprint density at radius 2 is 2.33 bits per heavy atom. The van der Waals surface area contributed by atoms with Crippen molar-refractivity contribution in [2.45, 2.75) is 25.8 Å². The van der Waals surface area contributed by atoms with E-state index in [9.17, 15) is 14.9 Å². The van der Waals surface area contributed by atoms with Gasteiger partial charge in [-0.05, 0) is 50.9 Å². The van der Waals surface area contributed by atoms with Gasteiger partial charge in [0.25, 0.3) is 11.6 Å². The van der Waals surface area contributed by atoms with Gasteiger partial charge in [-0.15, -0.1) is 0 Å². The Bertz CT molecular complexity index is 544. The Morgan fingerprint density at radius 3 is 2.95 bits per heavy atom. The number of halogens is 1. The van der Waals surface area contributed by atoms with Crippen molar-refractivity contribution in [2.24, 2.45) is 5.92 Å². The molecule has 1 heterocycles. The maximum Gasteiger partial charge on any atom is 0.282 e. The Balaban J connectivity index is 2.12. The third kappa shape index (κ3) is 3.92. The summed E-state index contributed by atoms with van der Waals surface area (Å²) in [5.74, 6) is -0.122. The molecule has 0 bridgehead atoms. The Labute approximate surface area is 128 Å². The maximum absolute atomic E-state index is 12.3. The molecule has 2 N–H and O–H groups in total. The predicted octanol–water partition coefficient (Wildman–Crippen LogP) is 2.37. The average molecular weight is 312 g/mol. The highest BCUT2D eigenvalue weighted by Crippen LogP contribution is 2.23. The minimum Gasteiger partial charge on any atom is -0.349 e. The first-order chi connectivity index (χ1) is 9.99. The van der Waals surface area contributed by atoms with Gasteiger partial charge in [0.1, 0.15) is 5.56 Å². The fourth-order valence-electron chi connectivity index (χ4n) is 2.56. The average Bonchev–Trinajstić information content (AvgIpc) is 2.47. The number of rotatable bonds is 4. The van der Waals surface area contributed by atoms with Gasteiger partial charge >= 0.3 is 0 Å². The van der Waals surface area contributed by atoms with Crippen molar-refractivity contribution in [3.05, 3.63) is 38.9 Å². The largest absolute Gasteiger partial charge is 0.349 e. The number of benzene rings is 1. The summed E-state index contributed by atoms with van der Waals surface area (Å²) in [6, 6.07) is 3.94. The van der Waals surface area contributed by atoms with E-state index >= 15 is 0 Å². The third-order valence-corrected chi connectivity index (χ3v) is 4.04. The topological polar surface area (TPSA) is 84.3 Å². The molecule has 1 saturated heterocycles. The molecule has 1 fully saturated rings. The molecule has 6 nitrogen and oxygen atoms in total. The molecule has 1 aromatic rings. The fraction of sp³-hybridized carbons (Fsp3) is 0.500. The summed E-state index contributed by atoms with van der Waals surface area (Å²) in [6.45, 7) is 3.77. The predicted molar refractivity (Wildman–Crippen MR) is 80.6 cm³/mol. The van der Waals surface area contributed by atoms with E-state index in [4.69, 9.17) is 11.6 Å². The van der Waals surface area contributed by atoms with Crippen LogP contribution in [0.25, 0.3) is 0 Å². The number of nitrogens with one attached hydrogen (secondary N) is 2. The highest BCUT2D eigenvalue weighted by atomic mass is 35.5. The molecule has 1 aromatic carbocycles. The first kappa shape index (κ1) is 15.7. The summed E-state index contributed by atoms with van der Waals surface area (Å²) in [4.78, 5) is 22.7. The summed E-state index contributed by atoms with van der Waals surface area (Å²) in [5.41, 5.74) is -0.228. The van der Waals surface area contributed by atoms with Crippen molar-refractivity contribution in [3.8, 4) is 0 Å². The Kier molecular flexibility index (Phi) is 5.14. The normalized spacial score (nSPS) is 19.8. The van der Waals surface area contributed by atoms with Crippen molar-refractivity contribution >= 4 is 23.2 Å². The first-order valence-corrected chi connectivity index (χ1v) is 7.32. The number of amides is 1. The summed E-state index contributed by atoms with van der Waals surface area (Å²) in [5, 5.41) is 17.4. The second-order valence-electron chi connectivity index (χ2n) is 5.29.